The average Bonchev–Trinajstić information content (AvgIpc) is 2.48. The van der Waals surface area contributed by atoms with Crippen molar-refractivity contribution in [3.8, 4) is 0 Å². The van der Waals surface area contributed by atoms with Crippen LogP contribution in [0.1, 0.15) is 12.8 Å². The van der Waals surface area contributed by atoms with Crippen LogP contribution in [0.4, 0.5) is 28.6 Å². The smallest absolute Gasteiger partial charge is 0.418 e. The molecule has 1 rings (SSSR count). The summed E-state index contributed by atoms with van der Waals surface area (Å²) in [6, 6.07) is 6.45. The highest BCUT2D eigenvalue weighted by Gasteiger charge is 2.24. The number of aliphatic hydroxyl groups excluding tert-OH is 1. The van der Waals surface area contributed by atoms with Gasteiger partial charge in [-0.15, -0.1) is 0 Å². The lowest BCUT2D eigenvalue weighted by molar-refractivity contribution is 0.289. The summed E-state index contributed by atoms with van der Waals surface area (Å²) >= 11 is 0. The van der Waals surface area contributed by atoms with E-state index in [1.807, 2.05) is 6.08 Å². The molecule has 140 valence electrons. The lowest BCUT2D eigenvalue weighted by Crippen LogP contribution is -2.30. The third-order valence-electron chi connectivity index (χ3n) is 2.63. The Bertz CT molecular complexity index is 699. The quantitative estimate of drug-likeness (QED) is 0.257. The first-order chi connectivity index (χ1) is 11.5. The van der Waals surface area contributed by atoms with E-state index < -0.39 is 17.3 Å². The van der Waals surface area contributed by atoms with E-state index in [1.165, 1.54) is 6.07 Å². The molecule has 0 aromatic heterocycles. The maximum Gasteiger partial charge on any atom is 0.673 e. The van der Waals surface area contributed by atoms with Gasteiger partial charge >= 0.3 is 12.9 Å². The fourth-order valence-electron chi connectivity index (χ4n) is 1.67. The average molecular weight is 383 g/mol. The van der Waals surface area contributed by atoms with Crippen molar-refractivity contribution in [3.05, 3.63) is 41.4 Å². The van der Waals surface area contributed by atoms with Crippen LogP contribution in [-0.2, 0) is 10.0 Å². The van der Waals surface area contributed by atoms with E-state index in [9.17, 15) is 25.7 Å². The van der Waals surface area contributed by atoms with Gasteiger partial charge in [0.15, 0.2) is 4.98 Å². The molecule has 0 aliphatic heterocycles. The van der Waals surface area contributed by atoms with Crippen LogP contribution < -0.4 is 4.31 Å². The van der Waals surface area contributed by atoms with E-state index in [0.717, 1.165) is 10.6 Å². The largest absolute Gasteiger partial charge is 0.673 e. The maximum absolute atomic E-state index is 11.8. The molecular weight excluding hydrogens is 365 g/mol. The van der Waals surface area contributed by atoms with Crippen molar-refractivity contribution in [1.82, 2.24) is 0 Å². The summed E-state index contributed by atoms with van der Waals surface area (Å²) in [5.74, 6) is 0. The molecule has 0 atom stereocenters. The number of allylic oxidation sites excluding steroid dienone is 1. The topological polar surface area (TPSA) is 85.8 Å². The Morgan fingerprint density at radius 3 is 2.28 bits per heavy atom. The normalized spacial score (nSPS) is 11.6. The number of halogens is 4. The molecule has 0 bridgehead atoms. The number of rotatable bonds is 7. The van der Waals surface area contributed by atoms with E-state index in [-0.39, 0.29) is 18.8 Å². The SMILES string of the molecule is CS(=O)(=O)N(C/C=C/CCCO)c1ccccc1[N+]#N.F[B-](F)(F)F. The molecule has 0 spiro atoms. The zero-order valence-corrected chi connectivity index (χ0v) is 14.2. The Balaban J connectivity index is 0.00000101. The van der Waals surface area contributed by atoms with Gasteiger partial charge in [-0.3, -0.25) is 4.31 Å². The highest BCUT2D eigenvalue weighted by atomic mass is 32.2. The van der Waals surface area contributed by atoms with Crippen molar-refractivity contribution in [2.75, 3.05) is 23.7 Å². The van der Waals surface area contributed by atoms with Crippen LogP contribution in [0.15, 0.2) is 36.4 Å². The number of anilines is 1. The Kier molecular flexibility index (Phi) is 9.77. The summed E-state index contributed by atoms with van der Waals surface area (Å²) in [7, 11) is -9.48. The van der Waals surface area contributed by atoms with Gasteiger partial charge in [0.2, 0.25) is 15.4 Å². The molecule has 1 N–H and O–H groups in total. The van der Waals surface area contributed by atoms with Gasteiger partial charge in [-0.1, -0.05) is 24.3 Å². The van der Waals surface area contributed by atoms with Gasteiger partial charge < -0.3 is 22.4 Å². The van der Waals surface area contributed by atoms with Gasteiger partial charge in [0.25, 0.3) is 0 Å². The van der Waals surface area contributed by atoms with E-state index in [0.29, 0.717) is 18.5 Å². The summed E-state index contributed by atoms with van der Waals surface area (Å²) in [6.07, 6.45) is 5.94. The number of diazo groups is 1. The van der Waals surface area contributed by atoms with Crippen molar-refractivity contribution >= 4 is 28.7 Å². The number of para-hydroxylation sites is 1. The van der Waals surface area contributed by atoms with Gasteiger partial charge in [0.1, 0.15) is 5.69 Å². The first-order valence-electron chi connectivity index (χ1n) is 7.05. The second kappa shape index (κ2) is 10.7. The van der Waals surface area contributed by atoms with E-state index in [4.69, 9.17) is 10.5 Å². The van der Waals surface area contributed by atoms with Crippen molar-refractivity contribution in [3.63, 3.8) is 0 Å². The number of unbranched alkanes of at least 4 members (excludes halogenated alkanes) is 1. The standard InChI is InChI=1S/C13H18N3O3S.BF4/c1-20(18,19)16(10-6-2-3-7-11-17)13-9-5-4-8-12(13)15-14;2-1(3,4)5/h2,4-6,8-9,17H,3,7,10-11H2,1H3;/q+1;-1/b6-2+;. The molecule has 0 saturated carbocycles. The molecule has 0 aliphatic rings. The van der Waals surface area contributed by atoms with Crippen LogP contribution in [0.3, 0.4) is 0 Å². The van der Waals surface area contributed by atoms with Crippen LogP contribution in [0.5, 0.6) is 0 Å². The molecule has 25 heavy (non-hydrogen) atoms. The van der Waals surface area contributed by atoms with Gasteiger partial charge in [-0.2, -0.15) is 0 Å². The third kappa shape index (κ3) is 11.1. The van der Waals surface area contributed by atoms with Gasteiger partial charge in [0.05, 0.1) is 12.8 Å². The molecule has 12 heteroatoms. The summed E-state index contributed by atoms with van der Waals surface area (Å²) < 4.78 is 63.9. The summed E-state index contributed by atoms with van der Waals surface area (Å²) in [6.45, 7) is 0.253. The Hall–Kier alpha value is -2.13. The predicted octanol–water partition coefficient (Wildman–Crippen LogP) is 3.57. The maximum atomic E-state index is 11.8. The van der Waals surface area contributed by atoms with Gasteiger partial charge in [-0.05, 0) is 18.9 Å². The molecule has 0 amide bonds. The molecule has 1 aromatic rings. The second-order valence-corrected chi connectivity index (χ2v) is 6.62. The fraction of sp³-hybridized carbons (Fsp3) is 0.385. The monoisotopic (exact) mass is 383 g/mol. The zero-order valence-electron chi connectivity index (χ0n) is 13.4. The second-order valence-electron chi connectivity index (χ2n) is 4.71. The van der Waals surface area contributed by atoms with Crippen LogP contribution >= 0.6 is 0 Å². The fourth-order valence-corrected chi connectivity index (χ4v) is 2.54. The molecule has 0 heterocycles. The van der Waals surface area contributed by atoms with Crippen molar-refractivity contribution in [2.24, 2.45) is 0 Å². The Morgan fingerprint density at radius 2 is 1.80 bits per heavy atom. The van der Waals surface area contributed by atoms with Crippen LogP contribution in [0.2, 0.25) is 0 Å². The number of nitrogens with zero attached hydrogens (tertiary/aromatic N) is 3. The molecule has 6 nitrogen and oxygen atoms in total. The van der Waals surface area contributed by atoms with E-state index in [2.05, 4.69) is 4.98 Å². The predicted molar refractivity (Wildman–Crippen MR) is 89.0 cm³/mol. The molecule has 0 unspecified atom stereocenters. The van der Waals surface area contributed by atoms with Crippen LogP contribution in [0.25, 0.3) is 4.98 Å². The minimum Gasteiger partial charge on any atom is -0.418 e. The van der Waals surface area contributed by atoms with Gasteiger partial charge in [-0.25, -0.2) is 8.42 Å². The molecule has 1 aromatic carbocycles. The van der Waals surface area contributed by atoms with E-state index >= 15 is 0 Å². The molecular formula is C13H18BF4N3O3S. The summed E-state index contributed by atoms with van der Waals surface area (Å²) in [4.78, 5) is 3.10. The number of hydrogen-bond acceptors (Lipinski definition) is 4. The minimum absolute atomic E-state index is 0.104. The molecule has 0 radical (unpaired) electrons. The van der Waals surface area contributed by atoms with Crippen molar-refractivity contribution in [1.29, 1.82) is 5.39 Å². The van der Waals surface area contributed by atoms with Crippen LogP contribution in [-0.4, -0.2) is 40.2 Å². The van der Waals surface area contributed by atoms with Crippen molar-refractivity contribution < 1.29 is 30.8 Å². The molecule has 0 saturated heterocycles. The Labute approximate surface area is 143 Å². The number of sulfonamides is 1. The first-order valence-corrected chi connectivity index (χ1v) is 8.90. The summed E-state index contributed by atoms with van der Waals surface area (Å²) in [5, 5.41) is 17.6. The molecule has 0 aliphatic carbocycles. The van der Waals surface area contributed by atoms with Crippen molar-refractivity contribution in [2.45, 2.75) is 12.8 Å². The highest BCUT2D eigenvalue weighted by Crippen LogP contribution is 2.29. The summed E-state index contributed by atoms with van der Waals surface area (Å²) in [5.41, 5.74) is 0.519. The minimum atomic E-state index is -6.00. The number of benzene rings is 1. The lowest BCUT2D eigenvalue weighted by atomic mass is 10.2. The lowest BCUT2D eigenvalue weighted by Gasteiger charge is -2.18. The van der Waals surface area contributed by atoms with Crippen LogP contribution in [0, 0.1) is 5.39 Å². The first kappa shape index (κ1) is 22.9. The molecule has 0 fully saturated rings. The highest BCUT2D eigenvalue weighted by molar-refractivity contribution is 7.92. The third-order valence-corrected chi connectivity index (χ3v) is 3.77. The van der Waals surface area contributed by atoms with E-state index in [1.54, 1.807) is 24.3 Å². The number of aliphatic hydroxyl groups is 1. The Morgan fingerprint density at radius 1 is 1.24 bits per heavy atom. The number of hydrogen-bond donors (Lipinski definition) is 1. The zero-order chi connectivity index (χ0) is 19.5. The van der Waals surface area contributed by atoms with Gasteiger partial charge in [0, 0.05) is 12.7 Å².